The van der Waals surface area contributed by atoms with Gasteiger partial charge in [-0.15, -0.1) is 0 Å². The average molecular weight is 765 g/mol. The van der Waals surface area contributed by atoms with Crippen molar-refractivity contribution in [3.8, 4) is 0 Å². The fourth-order valence-corrected chi connectivity index (χ4v) is 6.76. The Labute approximate surface area is 331 Å². The average Bonchev–Trinajstić information content (AvgIpc) is 3.15. The van der Waals surface area contributed by atoms with Crippen LogP contribution in [0.25, 0.3) is 0 Å². The molecule has 316 valence electrons. The molecule has 9 heteroatoms. The third-order valence-electron chi connectivity index (χ3n) is 10.3. The smallest absolute Gasteiger partial charge is 0.328 e. The zero-order valence-corrected chi connectivity index (χ0v) is 35.0. The maximum atomic E-state index is 12.8. The highest BCUT2D eigenvalue weighted by Gasteiger charge is 2.19. The van der Waals surface area contributed by atoms with Crippen LogP contribution >= 0.6 is 0 Å². The largest absolute Gasteiger partial charge is 0.480 e. The van der Waals surface area contributed by atoms with Gasteiger partial charge < -0.3 is 25.6 Å². The maximum Gasteiger partial charge on any atom is 0.328 e. The van der Waals surface area contributed by atoms with E-state index in [1.807, 2.05) is 0 Å². The van der Waals surface area contributed by atoms with Crippen molar-refractivity contribution in [1.29, 1.82) is 0 Å². The Morgan fingerprint density at radius 1 is 0.537 bits per heavy atom. The maximum absolute atomic E-state index is 12.8. The van der Waals surface area contributed by atoms with Crippen LogP contribution in [-0.2, 0) is 23.9 Å². The van der Waals surface area contributed by atoms with Crippen molar-refractivity contribution >= 4 is 23.8 Å². The van der Waals surface area contributed by atoms with E-state index >= 15 is 0 Å². The Morgan fingerprint density at radius 3 is 1.44 bits per heavy atom. The molecular weight excluding hydrogens is 681 g/mol. The van der Waals surface area contributed by atoms with Gasteiger partial charge in [0.2, 0.25) is 11.8 Å². The molecule has 0 aliphatic rings. The quantitative estimate of drug-likeness (QED) is 0.0276. The normalized spacial score (nSPS) is 12.5. The molecule has 2 amide bonds. The Balaban J connectivity index is 4.30. The second-order valence-corrected chi connectivity index (χ2v) is 15.5. The molecule has 0 aromatic rings. The second kappa shape index (κ2) is 40.2. The van der Waals surface area contributed by atoms with Crippen LogP contribution in [0.5, 0.6) is 0 Å². The van der Waals surface area contributed by atoms with E-state index in [9.17, 15) is 19.2 Å². The van der Waals surface area contributed by atoms with Crippen molar-refractivity contribution in [2.45, 2.75) is 238 Å². The Hall–Kier alpha value is -2.42. The van der Waals surface area contributed by atoms with E-state index in [1.54, 1.807) is 0 Å². The monoisotopic (exact) mass is 765 g/mol. The number of esters is 1. The van der Waals surface area contributed by atoms with Gasteiger partial charge in [0.25, 0.3) is 0 Å². The molecule has 0 saturated heterocycles. The molecule has 0 heterocycles. The molecule has 2 unspecified atom stereocenters. The minimum absolute atomic E-state index is 0.0116. The van der Waals surface area contributed by atoms with Gasteiger partial charge in [-0.25, -0.2) is 4.79 Å². The third kappa shape index (κ3) is 36.6. The summed E-state index contributed by atoms with van der Waals surface area (Å²) in [6, 6.07) is -1.38. The van der Waals surface area contributed by atoms with E-state index in [0.29, 0.717) is 19.3 Å². The van der Waals surface area contributed by atoms with Gasteiger partial charge in [0.15, 0.2) is 0 Å². The number of hydrogen-bond acceptors (Lipinski definition) is 6. The fraction of sp³-hybridized carbons (Fsp3) is 0.867. The number of rotatable bonds is 41. The number of hydrogen-bond donors (Lipinski definition) is 4. The standard InChI is InChI=1S/C45H84N2O7/c1-3-5-7-9-11-13-15-16-17-18-20-21-23-26-30-34-40(54-44(51)37-33-29-24-22-19-14-12-10-8-6-4-2)35-31-27-25-28-32-36-42(49)46-38-43(50)47-41(39-48)45(52)53/h10,12,40-41,48H,3-9,11,13-39H2,1-2H3,(H,46,49)(H,47,50)(H,52,53)/b12-10-. The van der Waals surface area contributed by atoms with E-state index in [-0.39, 0.29) is 24.5 Å². The molecule has 0 bridgehead atoms. The summed E-state index contributed by atoms with van der Waals surface area (Å²) in [5.74, 6) is -2.29. The molecule has 9 nitrogen and oxygen atoms in total. The summed E-state index contributed by atoms with van der Waals surface area (Å²) in [5.41, 5.74) is 0. The molecule has 0 aliphatic heterocycles. The summed E-state index contributed by atoms with van der Waals surface area (Å²) in [4.78, 5) is 47.6. The van der Waals surface area contributed by atoms with Gasteiger partial charge in [-0.2, -0.15) is 0 Å². The van der Waals surface area contributed by atoms with Crippen LogP contribution in [0.2, 0.25) is 0 Å². The SMILES string of the molecule is CCCC/C=C\CCCCCCCC(=O)OC(CCCCCCCCCCCCCCCCC)CCCCCCCC(=O)NCC(=O)NC(CO)C(=O)O. The lowest BCUT2D eigenvalue weighted by molar-refractivity contribution is -0.150. The first-order chi connectivity index (χ1) is 26.3. The van der Waals surface area contributed by atoms with Crippen LogP contribution in [0, 0.1) is 0 Å². The van der Waals surface area contributed by atoms with Gasteiger partial charge >= 0.3 is 11.9 Å². The zero-order valence-electron chi connectivity index (χ0n) is 35.0. The zero-order chi connectivity index (χ0) is 39.7. The van der Waals surface area contributed by atoms with Crippen molar-refractivity contribution in [1.82, 2.24) is 10.6 Å². The first-order valence-electron chi connectivity index (χ1n) is 22.6. The molecule has 0 spiro atoms. The lowest BCUT2D eigenvalue weighted by Gasteiger charge is -2.18. The molecule has 0 saturated carbocycles. The van der Waals surface area contributed by atoms with Gasteiger partial charge in [0.05, 0.1) is 13.2 Å². The summed E-state index contributed by atoms with van der Waals surface area (Å²) in [7, 11) is 0. The van der Waals surface area contributed by atoms with Crippen LogP contribution in [0.1, 0.15) is 226 Å². The number of carboxylic acids is 1. The summed E-state index contributed by atoms with van der Waals surface area (Å²) >= 11 is 0. The number of carbonyl (C=O) groups is 4. The number of unbranched alkanes of at least 4 members (excludes halogenated alkanes) is 25. The van der Waals surface area contributed by atoms with Crippen molar-refractivity contribution in [3.63, 3.8) is 0 Å². The van der Waals surface area contributed by atoms with Crippen molar-refractivity contribution in [2.75, 3.05) is 13.2 Å². The minimum Gasteiger partial charge on any atom is -0.480 e. The molecule has 0 rings (SSSR count). The highest BCUT2D eigenvalue weighted by Crippen LogP contribution is 2.19. The molecule has 0 aromatic heterocycles. The van der Waals surface area contributed by atoms with E-state index in [0.717, 1.165) is 64.2 Å². The van der Waals surface area contributed by atoms with Crippen molar-refractivity contribution < 1.29 is 34.1 Å². The van der Waals surface area contributed by atoms with Crippen molar-refractivity contribution in [3.05, 3.63) is 12.2 Å². The van der Waals surface area contributed by atoms with Gasteiger partial charge in [0.1, 0.15) is 12.1 Å². The first kappa shape index (κ1) is 51.6. The number of carboxylic acid groups (broad SMARTS) is 1. The molecule has 2 atom stereocenters. The van der Waals surface area contributed by atoms with Gasteiger partial charge in [-0.3, -0.25) is 14.4 Å². The predicted molar refractivity (Wildman–Crippen MR) is 222 cm³/mol. The number of carbonyl (C=O) groups excluding carboxylic acids is 3. The molecule has 4 N–H and O–H groups in total. The summed E-state index contributed by atoms with van der Waals surface area (Å²) in [6.45, 7) is 3.47. The lowest BCUT2D eigenvalue weighted by Crippen LogP contribution is -2.47. The number of aliphatic hydroxyl groups excluding tert-OH is 1. The molecule has 54 heavy (non-hydrogen) atoms. The number of amides is 2. The molecular formula is C45H84N2O7. The van der Waals surface area contributed by atoms with Gasteiger partial charge in [0, 0.05) is 12.8 Å². The lowest BCUT2D eigenvalue weighted by atomic mass is 10.0. The van der Waals surface area contributed by atoms with Crippen molar-refractivity contribution in [2.24, 2.45) is 0 Å². The molecule has 0 aromatic carbocycles. The second-order valence-electron chi connectivity index (χ2n) is 15.5. The van der Waals surface area contributed by atoms with Gasteiger partial charge in [-0.05, 0) is 57.8 Å². The first-order valence-corrected chi connectivity index (χ1v) is 22.6. The Kier molecular flexibility index (Phi) is 38.4. The van der Waals surface area contributed by atoms with Gasteiger partial charge in [-0.1, -0.05) is 167 Å². The predicted octanol–water partition coefficient (Wildman–Crippen LogP) is 11.0. The highest BCUT2D eigenvalue weighted by atomic mass is 16.5. The summed E-state index contributed by atoms with van der Waals surface area (Å²) in [5, 5.41) is 22.6. The van der Waals surface area contributed by atoms with Crippen LogP contribution in [-0.4, -0.2) is 59.3 Å². The summed E-state index contributed by atoms with van der Waals surface area (Å²) < 4.78 is 6.03. The van der Waals surface area contributed by atoms with E-state index < -0.39 is 24.5 Å². The van der Waals surface area contributed by atoms with Crippen LogP contribution in [0.4, 0.5) is 0 Å². The van der Waals surface area contributed by atoms with E-state index in [1.165, 1.54) is 128 Å². The van der Waals surface area contributed by atoms with Crippen LogP contribution in [0.3, 0.4) is 0 Å². The van der Waals surface area contributed by atoms with Crippen LogP contribution in [0.15, 0.2) is 12.2 Å². The topological polar surface area (TPSA) is 142 Å². The molecule has 0 aliphatic carbocycles. The third-order valence-corrected chi connectivity index (χ3v) is 10.3. The van der Waals surface area contributed by atoms with E-state index in [2.05, 4.69) is 36.6 Å². The molecule has 0 radical (unpaired) electrons. The number of nitrogens with one attached hydrogen (secondary N) is 2. The number of aliphatic hydroxyl groups is 1. The van der Waals surface area contributed by atoms with Crippen LogP contribution < -0.4 is 10.6 Å². The Bertz CT molecular complexity index is 926. The number of allylic oxidation sites excluding steroid dienone is 2. The minimum atomic E-state index is -1.38. The fourth-order valence-electron chi connectivity index (χ4n) is 6.76. The number of ether oxygens (including phenoxy) is 1. The Morgan fingerprint density at radius 2 is 0.963 bits per heavy atom. The molecule has 0 fully saturated rings. The highest BCUT2D eigenvalue weighted by molar-refractivity contribution is 5.87. The van der Waals surface area contributed by atoms with E-state index in [4.69, 9.17) is 14.9 Å². The number of aliphatic carboxylic acids is 1. The summed E-state index contributed by atoms with van der Waals surface area (Å²) in [6.07, 6.45) is 42.4.